The highest BCUT2D eigenvalue weighted by Gasteiger charge is 2.44. The number of benzene rings is 5. The molecule has 0 atom stereocenters. The maximum Gasteiger partial charge on any atom is 0.309 e. The van der Waals surface area contributed by atoms with Crippen molar-refractivity contribution in [3.8, 4) is 22.3 Å². The van der Waals surface area contributed by atoms with Crippen molar-refractivity contribution in [3.63, 3.8) is 0 Å². The minimum atomic E-state index is -0.974. The summed E-state index contributed by atoms with van der Waals surface area (Å²) in [7, 11) is 0.401. The smallest absolute Gasteiger partial charge is 0.309 e. The van der Waals surface area contributed by atoms with E-state index in [4.69, 9.17) is 4.65 Å². The van der Waals surface area contributed by atoms with Crippen LogP contribution in [0.4, 0.5) is 0 Å². The molecule has 5 aromatic carbocycles. The molecule has 5 aromatic rings. The predicted octanol–water partition coefficient (Wildman–Crippen LogP) is 7.57. The van der Waals surface area contributed by atoms with E-state index in [1.54, 1.807) is 13.8 Å². The molecular formula is C38H37BO2. The van der Waals surface area contributed by atoms with Gasteiger partial charge in [-0.1, -0.05) is 132 Å². The quantitative estimate of drug-likeness (QED) is 0.223. The zero-order valence-electron chi connectivity index (χ0n) is 24.6. The van der Waals surface area contributed by atoms with Crippen molar-refractivity contribution in [2.45, 2.75) is 51.2 Å². The summed E-state index contributed by atoms with van der Waals surface area (Å²) >= 11 is 0. The zero-order valence-corrected chi connectivity index (χ0v) is 24.6. The van der Waals surface area contributed by atoms with Gasteiger partial charge in [-0.25, -0.2) is 0 Å². The molecule has 1 aliphatic rings. The molecule has 0 amide bonds. The molecule has 2 nitrogen and oxygen atoms in total. The van der Waals surface area contributed by atoms with Crippen LogP contribution in [-0.2, 0) is 10.1 Å². The van der Waals surface area contributed by atoms with Crippen LogP contribution in [0.15, 0.2) is 121 Å². The van der Waals surface area contributed by atoms with E-state index in [2.05, 4.69) is 128 Å². The van der Waals surface area contributed by atoms with Gasteiger partial charge in [0.25, 0.3) is 0 Å². The molecule has 1 aliphatic carbocycles. The lowest BCUT2D eigenvalue weighted by Crippen LogP contribution is -2.49. The van der Waals surface area contributed by atoms with Gasteiger partial charge in [0.1, 0.15) is 0 Å². The van der Waals surface area contributed by atoms with Gasteiger partial charge in [0.15, 0.2) is 0 Å². The van der Waals surface area contributed by atoms with Crippen molar-refractivity contribution < 1.29 is 9.76 Å². The molecule has 0 bridgehead atoms. The third-order valence-corrected chi connectivity index (χ3v) is 9.09. The topological polar surface area (TPSA) is 29.5 Å². The van der Waals surface area contributed by atoms with Crippen LogP contribution in [0.5, 0.6) is 0 Å². The Bertz CT molecular complexity index is 1640. The SMILES string of the molecule is Cc1ccc(C2(c3cccc(BOC(C)(C)C(C)(C)O)c3)c3ccccc3-c3ccccc3-c3ccccc32)cc1. The molecule has 0 heterocycles. The zero-order chi connectivity index (χ0) is 28.8. The number of rotatable bonds is 6. The van der Waals surface area contributed by atoms with Gasteiger partial charge in [-0.2, -0.15) is 0 Å². The van der Waals surface area contributed by atoms with Crippen LogP contribution in [-0.4, -0.2) is 23.8 Å². The molecule has 0 aromatic heterocycles. The molecule has 0 radical (unpaired) electrons. The van der Waals surface area contributed by atoms with E-state index in [-0.39, 0.29) is 0 Å². The molecule has 1 N–H and O–H groups in total. The first kappa shape index (κ1) is 27.3. The molecule has 0 unspecified atom stereocenters. The predicted molar refractivity (Wildman–Crippen MR) is 172 cm³/mol. The second-order valence-electron chi connectivity index (χ2n) is 12.3. The van der Waals surface area contributed by atoms with Gasteiger partial charge >= 0.3 is 7.48 Å². The second-order valence-corrected chi connectivity index (χ2v) is 12.3. The van der Waals surface area contributed by atoms with E-state index in [0.717, 1.165) is 5.46 Å². The molecule has 0 aliphatic heterocycles. The molecule has 0 saturated heterocycles. The van der Waals surface area contributed by atoms with E-state index in [9.17, 15) is 5.11 Å². The monoisotopic (exact) mass is 536 g/mol. The summed E-state index contributed by atoms with van der Waals surface area (Å²) in [5.74, 6) is 0. The summed E-state index contributed by atoms with van der Waals surface area (Å²) in [5.41, 5.74) is 9.97. The first-order valence-electron chi connectivity index (χ1n) is 14.4. The van der Waals surface area contributed by atoms with Crippen LogP contribution in [0.3, 0.4) is 0 Å². The van der Waals surface area contributed by atoms with Crippen molar-refractivity contribution in [2.75, 3.05) is 0 Å². The van der Waals surface area contributed by atoms with E-state index < -0.39 is 16.6 Å². The molecule has 6 rings (SSSR count). The maximum absolute atomic E-state index is 10.7. The van der Waals surface area contributed by atoms with Crippen LogP contribution < -0.4 is 5.46 Å². The van der Waals surface area contributed by atoms with Crippen LogP contribution in [0.1, 0.15) is 55.5 Å². The lowest BCUT2D eigenvalue weighted by atomic mass is 9.62. The number of aliphatic hydroxyl groups is 1. The van der Waals surface area contributed by atoms with Crippen molar-refractivity contribution in [1.29, 1.82) is 0 Å². The standard InChI is InChI=1S/C38H37BO2/c1-26-21-23-27(24-22-26)38(28-13-12-14-29(25-28)39-41-37(4,5)36(2,3)40)34-19-10-8-17-32(34)30-15-6-7-16-31(30)33-18-9-11-20-35(33)38/h6-25,39-40H,1-5H3. The summed E-state index contributed by atoms with van der Waals surface area (Å²) in [6.07, 6.45) is 0. The Morgan fingerprint density at radius 3 is 1.63 bits per heavy atom. The summed E-state index contributed by atoms with van der Waals surface area (Å²) < 4.78 is 6.34. The highest BCUT2D eigenvalue weighted by Crippen LogP contribution is 2.54. The molecule has 204 valence electrons. The molecular weight excluding hydrogens is 499 g/mol. The lowest BCUT2D eigenvalue weighted by Gasteiger charge is -2.39. The Kier molecular flexibility index (Phi) is 6.76. The normalized spacial score (nSPS) is 13.9. The van der Waals surface area contributed by atoms with Gasteiger partial charge < -0.3 is 9.76 Å². The Hall–Kier alpha value is -3.92. The number of hydrogen-bond donors (Lipinski definition) is 1. The Labute approximate surface area is 245 Å². The summed E-state index contributed by atoms with van der Waals surface area (Å²) in [6.45, 7) is 9.63. The molecule has 3 heteroatoms. The number of fused-ring (bicyclic) bond motifs is 5. The third kappa shape index (κ3) is 4.54. The molecule has 0 spiro atoms. The van der Waals surface area contributed by atoms with E-state index in [0.29, 0.717) is 7.48 Å². The van der Waals surface area contributed by atoms with Crippen LogP contribution in [0.2, 0.25) is 0 Å². The third-order valence-electron chi connectivity index (χ3n) is 9.09. The van der Waals surface area contributed by atoms with Gasteiger partial charge in [0, 0.05) is 0 Å². The molecule has 0 fully saturated rings. The van der Waals surface area contributed by atoms with Crippen molar-refractivity contribution in [1.82, 2.24) is 0 Å². The minimum Gasteiger partial charge on any atom is -0.427 e. The fourth-order valence-corrected chi connectivity index (χ4v) is 6.11. The summed E-state index contributed by atoms with van der Waals surface area (Å²) in [6, 6.07) is 44.4. The first-order valence-corrected chi connectivity index (χ1v) is 14.4. The first-order chi connectivity index (χ1) is 19.6. The Morgan fingerprint density at radius 1 is 0.585 bits per heavy atom. The van der Waals surface area contributed by atoms with Gasteiger partial charge in [0.05, 0.1) is 16.6 Å². The fraction of sp³-hybridized carbons (Fsp3) is 0.211. The summed E-state index contributed by atoms with van der Waals surface area (Å²) in [5, 5.41) is 10.7. The van der Waals surface area contributed by atoms with Gasteiger partial charge in [0.2, 0.25) is 0 Å². The second kappa shape index (κ2) is 10.2. The van der Waals surface area contributed by atoms with Crippen LogP contribution in [0, 0.1) is 6.92 Å². The molecule has 41 heavy (non-hydrogen) atoms. The Balaban J connectivity index is 1.67. The highest BCUT2D eigenvalue weighted by molar-refractivity contribution is 6.47. The molecule has 0 saturated carbocycles. The van der Waals surface area contributed by atoms with E-state index in [1.807, 2.05) is 13.8 Å². The van der Waals surface area contributed by atoms with E-state index >= 15 is 0 Å². The lowest BCUT2D eigenvalue weighted by molar-refractivity contribution is -0.0893. The van der Waals surface area contributed by atoms with Crippen molar-refractivity contribution in [3.05, 3.63) is 149 Å². The fourth-order valence-electron chi connectivity index (χ4n) is 6.11. The minimum absolute atomic E-state index is 0.401. The van der Waals surface area contributed by atoms with Crippen LogP contribution >= 0.6 is 0 Å². The van der Waals surface area contributed by atoms with Crippen LogP contribution in [0.25, 0.3) is 22.3 Å². The van der Waals surface area contributed by atoms with Gasteiger partial charge in [-0.15, -0.1) is 0 Å². The van der Waals surface area contributed by atoms with Crippen molar-refractivity contribution in [2.24, 2.45) is 0 Å². The van der Waals surface area contributed by atoms with E-state index in [1.165, 1.54) is 50.1 Å². The maximum atomic E-state index is 10.7. The highest BCUT2D eigenvalue weighted by atomic mass is 16.5. The average molecular weight is 537 g/mol. The van der Waals surface area contributed by atoms with Gasteiger partial charge in [-0.05, 0) is 79.1 Å². The summed E-state index contributed by atoms with van der Waals surface area (Å²) in [4.78, 5) is 0. The largest absolute Gasteiger partial charge is 0.427 e. The average Bonchev–Trinajstić information content (AvgIpc) is 3.08. The Morgan fingerprint density at radius 2 is 1.10 bits per heavy atom. The van der Waals surface area contributed by atoms with Crippen molar-refractivity contribution >= 4 is 12.9 Å². The number of hydrogen-bond acceptors (Lipinski definition) is 2. The number of aryl methyl sites for hydroxylation is 1. The van der Waals surface area contributed by atoms with Gasteiger partial charge in [-0.3, -0.25) is 0 Å².